The van der Waals surface area contributed by atoms with Crippen LogP contribution in [0.25, 0.3) is 0 Å². The molecular weight excluding hydrogens is 413 g/mol. The number of anilines is 2. The van der Waals surface area contributed by atoms with Crippen LogP contribution in [-0.4, -0.2) is 29.1 Å². The average molecular weight is 436 g/mol. The molecule has 0 saturated carbocycles. The second-order valence-corrected chi connectivity index (χ2v) is 9.30. The van der Waals surface area contributed by atoms with E-state index in [2.05, 4.69) is 16.0 Å². The van der Waals surface area contributed by atoms with Gasteiger partial charge in [0.1, 0.15) is 11.9 Å². The summed E-state index contributed by atoms with van der Waals surface area (Å²) in [6, 6.07) is 9.27. The highest BCUT2D eigenvalue weighted by Gasteiger charge is 2.26. The number of halogens is 2. The Morgan fingerprint density at radius 1 is 1.24 bits per heavy atom. The second kappa shape index (κ2) is 8.63. The quantitative estimate of drug-likeness (QED) is 0.638. The van der Waals surface area contributed by atoms with Gasteiger partial charge in [-0.25, -0.2) is 4.39 Å². The van der Waals surface area contributed by atoms with E-state index in [4.69, 9.17) is 11.6 Å². The van der Waals surface area contributed by atoms with E-state index in [1.807, 2.05) is 20.8 Å². The topological polar surface area (TPSA) is 70.2 Å². The maximum atomic E-state index is 13.9. The minimum atomic E-state index is -0.465. The fraction of sp³-hybridized carbons (Fsp3) is 0.333. The zero-order valence-electron chi connectivity index (χ0n) is 16.4. The van der Waals surface area contributed by atoms with Crippen LogP contribution in [0, 0.1) is 5.82 Å². The normalized spacial score (nSPS) is 15.9. The van der Waals surface area contributed by atoms with Gasteiger partial charge < -0.3 is 16.0 Å². The molecule has 154 valence electrons. The fourth-order valence-corrected chi connectivity index (χ4v) is 4.26. The van der Waals surface area contributed by atoms with Gasteiger partial charge in [0, 0.05) is 33.2 Å². The van der Waals surface area contributed by atoms with E-state index in [0.29, 0.717) is 33.3 Å². The van der Waals surface area contributed by atoms with E-state index in [0.717, 1.165) is 5.69 Å². The number of hydrogen-bond donors (Lipinski definition) is 3. The first-order chi connectivity index (χ1) is 13.6. The summed E-state index contributed by atoms with van der Waals surface area (Å²) in [7, 11) is 0. The van der Waals surface area contributed by atoms with Crippen molar-refractivity contribution in [3.05, 3.63) is 58.4 Å². The van der Waals surface area contributed by atoms with Crippen LogP contribution in [0.4, 0.5) is 15.8 Å². The second-order valence-electron chi connectivity index (χ2n) is 7.87. The number of rotatable bonds is 5. The van der Waals surface area contributed by atoms with E-state index in [1.54, 1.807) is 30.3 Å². The third-order valence-corrected chi connectivity index (χ3v) is 5.68. The predicted molar refractivity (Wildman–Crippen MR) is 117 cm³/mol. The third kappa shape index (κ3) is 5.42. The number of thioether (sulfide) groups is 1. The van der Waals surface area contributed by atoms with Gasteiger partial charge in [0.05, 0.1) is 11.4 Å². The van der Waals surface area contributed by atoms with Crippen molar-refractivity contribution in [2.24, 2.45) is 0 Å². The molecule has 2 aromatic rings. The fourth-order valence-electron chi connectivity index (χ4n) is 2.87. The smallest absolute Gasteiger partial charge is 0.251 e. The summed E-state index contributed by atoms with van der Waals surface area (Å²) in [5.74, 6) is 0.0715. The lowest BCUT2D eigenvalue weighted by atomic mass is 10.1. The van der Waals surface area contributed by atoms with Crippen LogP contribution in [0.5, 0.6) is 0 Å². The Kier molecular flexibility index (Phi) is 6.39. The third-order valence-electron chi connectivity index (χ3n) is 4.27. The molecule has 0 saturated heterocycles. The minimum Gasteiger partial charge on any atom is -0.371 e. The van der Waals surface area contributed by atoms with E-state index in [1.165, 1.54) is 17.8 Å². The van der Waals surface area contributed by atoms with E-state index >= 15 is 0 Å². The summed E-state index contributed by atoms with van der Waals surface area (Å²) in [5.41, 5.74) is 1.87. The Balaban J connectivity index is 1.63. The van der Waals surface area contributed by atoms with Crippen molar-refractivity contribution in [1.29, 1.82) is 0 Å². The Bertz CT molecular complexity index is 926. The predicted octanol–water partition coefficient (Wildman–Crippen LogP) is 4.67. The summed E-state index contributed by atoms with van der Waals surface area (Å²) >= 11 is 7.47. The van der Waals surface area contributed by atoms with Gasteiger partial charge in [0.25, 0.3) is 5.91 Å². The van der Waals surface area contributed by atoms with Gasteiger partial charge in [-0.1, -0.05) is 17.7 Å². The summed E-state index contributed by atoms with van der Waals surface area (Å²) in [6.45, 7) is 5.72. The average Bonchev–Trinajstić information content (AvgIpc) is 2.62. The molecule has 29 heavy (non-hydrogen) atoms. The molecule has 5 nitrogen and oxygen atoms in total. The molecule has 0 fully saturated rings. The molecule has 1 aliphatic rings. The number of fused-ring (bicyclic) bond motifs is 1. The van der Waals surface area contributed by atoms with Crippen molar-refractivity contribution in [3.63, 3.8) is 0 Å². The van der Waals surface area contributed by atoms with Gasteiger partial charge in [-0.15, -0.1) is 0 Å². The molecule has 8 heteroatoms. The molecular formula is C21H23ClFN3O2S. The van der Waals surface area contributed by atoms with Gasteiger partial charge in [0.15, 0.2) is 0 Å². The van der Waals surface area contributed by atoms with Gasteiger partial charge in [-0.05, 0) is 51.1 Å². The summed E-state index contributed by atoms with van der Waals surface area (Å²) in [4.78, 5) is 24.8. The molecule has 2 amide bonds. The SMILES string of the molecule is CC(C)(C)NC(=O)c1ccc2c(c1)NC(=O)C(CSCc1c(F)cccc1Cl)N2. The molecule has 3 N–H and O–H groups in total. The minimum absolute atomic E-state index is 0.196. The lowest BCUT2D eigenvalue weighted by molar-refractivity contribution is -0.116. The van der Waals surface area contributed by atoms with Crippen molar-refractivity contribution < 1.29 is 14.0 Å². The van der Waals surface area contributed by atoms with Gasteiger partial charge in [0.2, 0.25) is 5.91 Å². The molecule has 1 atom stereocenters. The van der Waals surface area contributed by atoms with Gasteiger partial charge >= 0.3 is 0 Å². The lowest BCUT2D eigenvalue weighted by Gasteiger charge is -2.27. The highest BCUT2D eigenvalue weighted by molar-refractivity contribution is 7.98. The number of benzene rings is 2. The maximum Gasteiger partial charge on any atom is 0.251 e. The molecule has 1 heterocycles. The molecule has 3 rings (SSSR count). The van der Waals surface area contributed by atoms with Gasteiger partial charge in [-0.2, -0.15) is 11.8 Å². The zero-order valence-corrected chi connectivity index (χ0v) is 18.0. The monoisotopic (exact) mass is 435 g/mol. The van der Waals surface area contributed by atoms with Crippen LogP contribution >= 0.6 is 23.4 Å². The van der Waals surface area contributed by atoms with Crippen molar-refractivity contribution in [2.75, 3.05) is 16.4 Å². The Morgan fingerprint density at radius 2 is 2.00 bits per heavy atom. The maximum absolute atomic E-state index is 13.9. The molecule has 0 aromatic heterocycles. The number of hydrogen-bond acceptors (Lipinski definition) is 4. The molecule has 0 aliphatic carbocycles. The van der Waals surface area contributed by atoms with E-state index in [9.17, 15) is 14.0 Å². The number of carbonyl (C=O) groups excluding carboxylic acids is 2. The first-order valence-corrected chi connectivity index (χ1v) is 10.7. The summed E-state index contributed by atoms with van der Waals surface area (Å²) in [6.07, 6.45) is 0. The van der Waals surface area contributed by atoms with Crippen molar-refractivity contribution in [2.45, 2.75) is 38.1 Å². The molecule has 2 aromatic carbocycles. The van der Waals surface area contributed by atoms with Crippen LogP contribution in [0.3, 0.4) is 0 Å². The van der Waals surface area contributed by atoms with Crippen LogP contribution < -0.4 is 16.0 Å². The van der Waals surface area contributed by atoms with Gasteiger partial charge in [-0.3, -0.25) is 9.59 Å². The highest BCUT2D eigenvalue weighted by Crippen LogP contribution is 2.30. The molecule has 0 bridgehead atoms. The zero-order chi connectivity index (χ0) is 21.2. The van der Waals surface area contributed by atoms with E-state index in [-0.39, 0.29) is 23.2 Å². The van der Waals surface area contributed by atoms with Crippen LogP contribution in [0.2, 0.25) is 5.02 Å². The Morgan fingerprint density at radius 3 is 2.69 bits per heavy atom. The molecule has 0 spiro atoms. The molecule has 0 radical (unpaired) electrons. The Labute approximate surface area is 178 Å². The number of amides is 2. The summed E-state index contributed by atoms with van der Waals surface area (Å²) in [5, 5.41) is 9.31. The van der Waals surface area contributed by atoms with Crippen LogP contribution in [0.15, 0.2) is 36.4 Å². The van der Waals surface area contributed by atoms with E-state index < -0.39 is 6.04 Å². The van der Waals surface area contributed by atoms with Crippen molar-refractivity contribution in [1.82, 2.24) is 5.32 Å². The Hall–Kier alpha value is -2.25. The molecule has 1 aliphatic heterocycles. The summed E-state index contributed by atoms with van der Waals surface area (Å²) < 4.78 is 13.9. The number of nitrogens with one attached hydrogen (secondary N) is 3. The number of carbonyl (C=O) groups is 2. The first kappa shape index (κ1) is 21.5. The van der Waals surface area contributed by atoms with Crippen molar-refractivity contribution in [3.8, 4) is 0 Å². The molecule has 1 unspecified atom stereocenters. The standard InChI is InChI=1S/C21H23ClFN3O2S/c1-21(2,3)26-19(27)12-7-8-16-17(9-12)25-20(28)18(24-16)11-29-10-13-14(22)5-4-6-15(13)23/h4-9,18,24H,10-11H2,1-3H3,(H,25,28)(H,26,27). The van der Waals surface area contributed by atoms with Crippen LogP contribution in [0.1, 0.15) is 36.7 Å². The lowest BCUT2D eigenvalue weighted by Crippen LogP contribution is -2.42. The largest absolute Gasteiger partial charge is 0.371 e. The van der Waals surface area contributed by atoms with Crippen LogP contribution in [-0.2, 0) is 10.5 Å². The first-order valence-electron chi connectivity index (χ1n) is 9.18. The highest BCUT2D eigenvalue weighted by atomic mass is 35.5. The van der Waals surface area contributed by atoms with Crippen molar-refractivity contribution >= 4 is 46.6 Å².